The van der Waals surface area contributed by atoms with Crippen LogP contribution in [-0.4, -0.2) is 15.5 Å². The minimum Gasteiger partial charge on any atom is -0.455 e. The molecule has 0 aliphatic heterocycles. The fourth-order valence-corrected chi connectivity index (χ4v) is 2.57. The summed E-state index contributed by atoms with van der Waals surface area (Å²) in [4.78, 5) is 0.111. The molecular weight excluding hydrogens is 288 g/mol. The Morgan fingerprint density at radius 3 is 2.43 bits per heavy atom. The standard InChI is InChI=1S/C15H18N2O3S/c1-10-4-5-11(2)14(8-10)20-15-9-12(6-7-13(15)16)21(18,19)17-3/h4-9,17H,16H2,1-3H3. The van der Waals surface area contributed by atoms with Crippen LogP contribution in [0.1, 0.15) is 11.1 Å². The highest BCUT2D eigenvalue weighted by atomic mass is 32.2. The van der Waals surface area contributed by atoms with E-state index in [4.69, 9.17) is 10.5 Å². The van der Waals surface area contributed by atoms with Crippen molar-refractivity contribution in [1.29, 1.82) is 0 Å². The van der Waals surface area contributed by atoms with E-state index < -0.39 is 10.0 Å². The first kappa shape index (κ1) is 15.3. The Hall–Kier alpha value is -2.05. The maximum absolute atomic E-state index is 11.8. The van der Waals surface area contributed by atoms with E-state index >= 15 is 0 Å². The van der Waals surface area contributed by atoms with Gasteiger partial charge in [0.15, 0.2) is 5.75 Å². The van der Waals surface area contributed by atoms with Crippen molar-refractivity contribution >= 4 is 15.7 Å². The van der Waals surface area contributed by atoms with Gasteiger partial charge in [0.05, 0.1) is 10.6 Å². The van der Waals surface area contributed by atoms with Gasteiger partial charge in [-0.15, -0.1) is 0 Å². The number of nitrogens with two attached hydrogens (primary N) is 1. The van der Waals surface area contributed by atoms with Crippen molar-refractivity contribution in [1.82, 2.24) is 4.72 Å². The number of hydrogen-bond donors (Lipinski definition) is 2. The van der Waals surface area contributed by atoms with Gasteiger partial charge in [-0.3, -0.25) is 0 Å². The van der Waals surface area contributed by atoms with Crippen molar-refractivity contribution < 1.29 is 13.2 Å². The van der Waals surface area contributed by atoms with E-state index in [0.29, 0.717) is 17.2 Å². The van der Waals surface area contributed by atoms with Gasteiger partial charge in [-0.1, -0.05) is 12.1 Å². The molecule has 0 saturated carbocycles. The molecule has 2 rings (SSSR count). The number of anilines is 1. The summed E-state index contributed by atoms with van der Waals surface area (Å²) in [6, 6.07) is 10.2. The molecule has 2 aromatic carbocycles. The van der Waals surface area contributed by atoms with Crippen LogP contribution in [0.15, 0.2) is 41.3 Å². The van der Waals surface area contributed by atoms with Crippen molar-refractivity contribution in [3.63, 3.8) is 0 Å². The minimum atomic E-state index is -3.53. The van der Waals surface area contributed by atoms with Crippen LogP contribution in [0.5, 0.6) is 11.5 Å². The topological polar surface area (TPSA) is 81.4 Å². The van der Waals surface area contributed by atoms with Gasteiger partial charge in [-0.25, -0.2) is 13.1 Å². The third-order valence-corrected chi connectivity index (χ3v) is 4.54. The van der Waals surface area contributed by atoms with Gasteiger partial charge in [0.25, 0.3) is 0 Å². The Labute approximate surface area is 124 Å². The van der Waals surface area contributed by atoms with Crippen LogP contribution in [-0.2, 0) is 10.0 Å². The average Bonchev–Trinajstić information content (AvgIpc) is 2.45. The Morgan fingerprint density at radius 1 is 1.05 bits per heavy atom. The summed E-state index contributed by atoms with van der Waals surface area (Å²) in [5.74, 6) is 0.973. The number of ether oxygens (including phenoxy) is 1. The van der Waals surface area contributed by atoms with Crippen molar-refractivity contribution in [3.05, 3.63) is 47.5 Å². The fraction of sp³-hybridized carbons (Fsp3) is 0.200. The van der Waals surface area contributed by atoms with E-state index in [0.717, 1.165) is 11.1 Å². The molecular formula is C15H18N2O3S. The lowest BCUT2D eigenvalue weighted by Crippen LogP contribution is -2.18. The largest absolute Gasteiger partial charge is 0.455 e. The third kappa shape index (κ3) is 3.34. The normalized spacial score (nSPS) is 11.4. The second kappa shape index (κ2) is 5.75. The SMILES string of the molecule is CNS(=O)(=O)c1ccc(N)c(Oc2cc(C)ccc2C)c1. The van der Waals surface area contributed by atoms with Gasteiger partial charge in [-0.05, 0) is 50.2 Å². The quantitative estimate of drug-likeness (QED) is 0.851. The lowest BCUT2D eigenvalue weighted by Gasteiger charge is -2.13. The van der Waals surface area contributed by atoms with Crippen LogP contribution in [0.2, 0.25) is 0 Å². The van der Waals surface area contributed by atoms with E-state index in [9.17, 15) is 8.42 Å². The third-order valence-electron chi connectivity index (χ3n) is 3.13. The molecule has 6 heteroatoms. The summed E-state index contributed by atoms with van der Waals surface area (Å²) >= 11 is 0. The van der Waals surface area contributed by atoms with Gasteiger partial charge < -0.3 is 10.5 Å². The minimum absolute atomic E-state index is 0.111. The maximum Gasteiger partial charge on any atom is 0.240 e. The van der Waals surface area contributed by atoms with E-state index in [1.165, 1.54) is 25.2 Å². The Morgan fingerprint density at radius 2 is 1.76 bits per heavy atom. The maximum atomic E-state index is 11.8. The smallest absolute Gasteiger partial charge is 0.240 e. The van der Waals surface area contributed by atoms with E-state index in [1.807, 2.05) is 32.0 Å². The van der Waals surface area contributed by atoms with E-state index in [-0.39, 0.29) is 4.90 Å². The van der Waals surface area contributed by atoms with E-state index in [1.54, 1.807) is 0 Å². The Kier molecular flexibility index (Phi) is 4.20. The van der Waals surface area contributed by atoms with Crippen LogP contribution < -0.4 is 15.2 Å². The number of aryl methyl sites for hydroxylation is 2. The fourth-order valence-electron chi connectivity index (χ4n) is 1.82. The molecule has 5 nitrogen and oxygen atoms in total. The average molecular weight is 306 g/mol. The second-order valence-corrected chi connectivity index (χ2v) is 6.66. The summed E-state index contributed by atoms with van der Waals surface area (Å²) in [7, 11) is -2.18. The molecule has 0 aromatic heterocycles. The van der Waals surface area contributed by atoms with Gasteiger partial charge in [0.2, 0.25) is 10.0 Å². The van der Waals surface area contributed by atoms with Crippen LogP contribution >= 0.6 is 0 Å². The molecule has 0 aliphatic carbocycles. The molecule has 0 heterocycles. The summed E-state index contributed by atoms with van der Waals surface area (Å²) in [6.45, 7) is 3.87. The Bertz CT molecular complexity index is 770. The van der Waals surface area contributed by atoms with Gasteiger partial charge in [0.1, 0.15) is 5.75 Å². The first-order valence-electron chi connectivity index (χ1n) is 6.41. The molecule has 112 valence electrons. The van der Waals surface area contributed by atoms with Gasteiger partial charge in [-0.2, -0.15) is 0 Å². The van der Waals surface area contributed by atoms with Crippen LogP contribution in [0, 0.1) is 13.8 Å². The highest BCUT2D eigenvalue weighted by Crippen LogP contribution is 2.32. The highest BCUT2D eigenvalue weighted by Gasteiger charge is 2.14. The zero-order valence-electron chi connectivity index (χ0n) is 12.2. The number of nitrogens with one attached hydrogen (secondary N) is 1. The molecule has 0 atom stereocenters. The first-order chi connectivity index (χ1) is 9.83. The molecule has 0 unspecified atom stereocenters. The van der Waals surface area contributed by atoms with Crippen molar-refractivity contribution in [2.24, 2.45) is 0 Å². The number of benzene rings is 2. The molecule has 2 aromatic rings. The summed E-state index contributed by atoms with van der Waals surface area (Å²) in [5, 5.41) is 0. The highest BCUT2D eigenvalue weighted by molar-refractivity contribution is 7.89. The molecule has 0 bridgehead atoms. The molecule has 0 radical (unpaired) electrons. The molecule has 3 N–H and O–H groups in total. The molecule has 0 fully saturated rings. The lowest BCUT2D eigenvalue weighted by atomic mass is 10.1. The summed E-state index contributed by atoms with van der Waals surface area (Å²) < 4.78 is 31.7. The molecule has 0 saturated heterocycles. The van der Waals surface area contributed by atoms with Crippen LogP contribution in [0.3, 0.4) is 0 Å². The molecule has 0 aliphatic rings. The lowest BCUT2D eigenvalue weighted by molar-refractivity contribution is 0.479. The summed E-state index contributed by atoms with van der Waals surface area (Å²) in [6.07, 6.45) is 0. The zero-order valence-corrected chi connectivity index (χ0v) is 13.0. The second-order valence-electron chi connectivity index (χ2n) is 4.78. The van der Waals surface area contributed by atoms with Gasteiger partial charge >= 0.3 is 0 Å². The van der Waals surface area contributed by atoms with Crippen molar-refractivity contribution in [2.75, 3.05) is 12.8 Å². The number of sulfonamides is 1. The number of hydrogen-bond acceptors (Lipinski definition) is 4. The van der Waals surface area contributed by atoms with Crippen LogP contribution in [0.4, 0.5) is 5.69 Å². The predicted octanol–water partition coefficient (Wildman–Crippen LogP) is 2.59. The Balaban J connectivity index is 2.45. The van der Waals surface area contributed by atoms with Crippen molar-refractivity contribution in [2.45, 2.75) is 18.7 Å². The predicted molar refractivity (Wildman–Crippen MR) is 83.1 cm³/mol. The zero-order chi connectivity index (χ0) is 15.6. The van der Waals surface area contributed by atoms with E-state index in [2.05, 4.69) is 4.72 Å². The monoisotopic (exact) mass is 306 g/mol. The number of nitrogen functional groups attached to an aromatic ring is 1. The van der Waals surface area contributed by atoms with Crippen LogP contribution in [0.25, 0.3) is 0 Å². The molecule has 21 heavy (non-hydrogen) atoms. The number of rotatable bonds is 4. The summed E-state index contributed by atoms with van der Waals surface area (Å²) in [5.41, 5.74) is 8.25. The first-order valence-corrected chi connectivity index (χ1v) is 7.90. The van der Waals surface area contributed by atoms with Crippen molar-refractivity contribution in [3.8, 4) is 11.5 Å². The molecule has 0 spiro atoms. The molecule has 0 amide bonds. The van der Waals surface area contributed by atoms with Gasteiger partial charge in [0, 0.05) is 6.07 Å².